The van der Waals surface area contributed by atoms with Crippen LogP contribution in [0.15, 0.2) is 61.1 Å². The summed E-state index contributed by atoms with van der Waals surface area (Å²) < 4.78 is 1.76. The van der Waals surface area contributed by atoms with Gasteiger partial charge in [0.15, 0.2) is 11.9 Å². The molecule has 1 saturated heterocycles. The second kappa shape index (κ2) is 8.61. The lowest BCUT2D eigenvalue weighted by Gasteiger charge is -2.34. The maximum absolute atomic E-state index is 11.7. The molecule has 1 aliphatic heterocycles. The molecule has 1 aliphatic rings. The fourth-order valence-corrected chi connectivity index (χ4v) is 3.81. The number of carbonyl (C=O) groups excluding carboxylic acids is 1. The molecule has 7 heteroatoms. The zero-order chi connectivity index (χ0) is 21.9. The van der Waals surface area contributed by atoms with Gasteiger partial charge in [-0.15, -0.1) is 0 Å². The molecule has 0 bridgehead atoms. The number of aromatic nitrogens is 4. The number of nitrogens with zero attached hydrogens (tertiary/aromatic N) is 6. The Bertz CT molecular complexity index is 1330. The Morgan fingerprint density at radius 3 is 2.56 bits per heavy atom. The smallest absolute Gasteiger partial charge is 0.154 e. The van der Waals surface area contributed by atoms with Crippen molar-refractivity contribution in [1.29, 1.82) is 0 Å². The molecule has 4 heterocycles. The van der Waals surface area contributed by atoms with E-state index in [2.05, 4.69) is 44.7 Å². The summed E-state index contributed by atoms with van der Waals surface area (Å²) in [6.45, 7) is 3.73. The van der Waals surface area contributed by atoms with E-state index in [9.17, 15) is 4.79 Å². The SMILES string of the molecule is CN1CCN(c2cc(-c3ccc4ncc(C#Cc5ccncc5)n4n3)ccc2C=O)CC1. The van der Waals surface area contributed by atoms with Crippen LogP contribution in [0.3, 0.4) is 0 Å². The van der Waals surface area contributed by atoms with Gasteiger partial charge in [-0.05, 0) is 49.4 Å². The molecule has 0 saturated carbocycles. The summed E-state index contributed by atoms with van der Waals surface area (Å²) in [5.41, 5.74) is 5.73. The third-order valence-electron chi connectivity index (χ3n) is 5.67. The first-order chi connectivity index (χ1) is 15.7. The molecule has 1 aromatic carbocycles. The normalized spacial score (nSPS) is 14.2. The molecule has 32 heavy (non-hydrogen) atoms. The first-order valence-electron chi connectivity index (χ1n) is 10.5. The predicted molar refractivity (Wildman–Crippen MR) is 124 cm³/mol. The van der Waals surface area contributed by atoms with E-state index >= 15 is 0 Å². The number of anilines is 1. The van der Waals surface area contributed by atoms with Gasteiger partial charge in [0, 0.05) is 61.0 Å². The molecule has 7 nitrogen and oxygen atoms in total. The molecule has 0 atom stereocenters. The van der Waals surface area contributed by atoms with Crippen molar-refractivity contribution in [2.45, 2.75) is 0 Å². The quantitative estimate of drug-likeness (QED) is 0.374. The number of pyridine rings is 1. The van der Waals surface area contributed by atoms with Crippen LogP contribution in [0.4, 0.5) is 5.69 Å². The first kappa shape index (κ1) is 19.9. The number of hydrogen-bond acceptors (Lipinski definition) is 6. The van der Waals surface area contributed by atoms with Gasteiger partial charge in [0.1, 0.15) is 5.69 Å². The monoisotopic (exact) mass is 422 g/mol. The molecule has 0 unspecified atom stereocenters. The standard InChI is InChI=1S/C25H22N6O/c1-29-12-14-30(15-13-29)24-16-20(3-4-21(24)18-32)23-6-7-25-27-17-22(31(25)28-23)5-2-19-8-10-26-11-9-19/h3-4,6-11,16-18H,12-15H2,1H3. The van der Waals surface area contributed by atoms with Crippen LogP contribution >= 0.6 is 0 Å². The van der Waals surface area contributed by atoms with Crippen LogP contribution in [-0.2, 0) is 0 Å². The number of rotatable bonds is 3. The fraction of sp³-hybridized carbons (Fsp3) is 0.200. The molecular weight excluding hydrogens is 400 g/mol. The van der Waals surface area contributed by atoms with E-state index in [-0.39, 0.29) is 0 Å². The van der Waals surface area contributed by atoms with Crippen molar-refractivity contribution >= 4 is 17.6 Å². The highest BCUT2D eigenvalue weighted by atomic mass is 16.1. The molecule has 158 valence electrons. The lowest BCUT2D eigenvalue weighted by molar-refractivity contribution is 0.112. The fourth-order valence-electron chi connectivity index (χ4n) is 3.81. The Balaban J connectivity index is 1.51. The average Bonchev–Trinajstić information content (AvgIpc) is 3.26. The Labute approximate surface area is 186 Å². The minimum Gasteiger partial charge on any atom is -0.368 e. The predicted octanol–water partition coefficient (Wildman–Crippen LogP) is 2.76. The van der Waals surface area contributed by atoms with Gasteiger partial charge in [-0.1, -0.05) is 12.0 Å². The summed E-state index contributed by atoms with van der Waals surface area (Å²) >= 11 is 0. The van der Waals surface area contributed by atoms with Gasteiger partial charge >= 0.3 is 0 Å². The highest BCUT2D eigenvalue weighted by molar-refractivity contribution is 5.87. The van der Waals surface area contributed by atoms with E-state index in [1.807, 2.05) is 36.4 Å². The van der Waals surface area contributed by atoms with Crippen LogP contribution in [0.5, 0.6) is 0 Å². The summed E-state index contributed by atoms with van der Waals surface area (Å²) in [5.74, 6) is 6.28. The van der Waals surface area contributed by atoms with Crippen LogP contribution in [0.2, 0.25) is 0 Å². The third kappa shape index (κ3) is 3.96. The average molecular weight is 422 g/mol. The van der Waals surface area contributed by atoms with E-state index in [1.54, 1.807) is 23.1 Å². The molecule has 5 rings (SSSR count). The Kier molecular flexibility index (Phi) is 5.36. The van der Waals surface area contributed by atoms with Gasteiger partial charge in [-0.2, -0.15) is 5.10 Å². The maximum Gasteiger partial charge on any atom is 0.154 e. The van der Waals surface area contributed by atoms with Gasteiger partial charge in [-0.3, -0.25) is 9.78 Å². The van der Waals surface area contributed by atoms with Crippen LogP contribution < -0.4 is 4.90 Å². The summed E-state index contributed by atoms with van der Waals surface area (Å²) in [7, 11) is 2.12. The second-order valence-corrected chi connectivity index (χ2v) is 7.80. The number of benzene rings is 1. The molecule has 1 fully saturated rings. The maximum atomic E-state index is 11.7. The van der Waals surface area contributed by atoms with Gasteiger partial charge in [0.05, 0.1) is 11.9 Å². The molecule has 0 aliphatic carbocycles. The van der Waals surface area contributed by atoms with Crippen molar-refractivity contribution in [2.24, 2.45) is 0 Å². The van der Waals surface area contributed by atoms with Crippen LogP contribution in [0, 0.1) is 11.8 Å². The van der Waals surface area contributed by atoms with Gasteiger partial charge in [-0.25, -0.2) is 9.50 Å². The van der Waals surface area contributed by atoms with Gasteiger partial charge in [0.2, 0.25) is 0 Å². The molecule has 0 amide bonds. The topological polar surface area (TPSA) is 66.6 Å². The lowest BCUT2D eigenvalue weighted by Crippen LogP contribution is -2.44. The highest BCUT2D eigenvalue weighted by Gasteiger charge is 2.18. The van der Waals surface area contributed by atoms with Gasteiger partial charge in [0.25, 0.3) is 0 Å². The summed E-state index contributed by atoms with van der Waals surface area (Å²) in [4.78, 5) is 24.7. The number of piperazine rings is 1. The van der Waals surface area contributed by atoms with Crippen LogP contribution in [0.25, 0.3) is 16.9 Å². The van der Waals surface area contributed by atoms with E-state index in [1.165, 1.54) is 0 Å². The zero-order valence-corrected chi connectivity index (χ0v) is 17.8. The van der Waals surface area contributed by atoms with Crippen LogP contribution in [0.1, 0.15) is 21.6 Å². The number of fused-ring (bicyclic) bond motifs is 1. The number of carbonyl (C=O) groups is 1. The molecule has 4 aromatic rings. The van der Waals surface area contributed by atoms with E-state index in [0.29, 0.717) is 11.3 Å². The number of likely N-dealkylation sites (N-methyl/N-ethyl adjacent to an activating group) is 1. The summed E-state index contributed by atoms with van der Waals surface area (Å²) in [5, 5.41) is 4.80. The molecule has 0 spiro atoms. The van der Waals surface area contributed by atoms with Crippen molar-refractivity contribution in [3.05, 3.63) is 77.9 Å². The Hall–Kier alpha value is -4.02. The Morgan fingerprint density at radius 1 is 0.969 bits per heavy atom. The zero-order valence-electron chi connectivity index (χ0n) is 17.8. The van der Waals surface area contributed by atoms with Crippen molar-refractivity contribution in [3.63, 3.8) is 0 Å². The van der Waals surface area contributed by atoms with Crippen molar-refractivity contribution < 1.29 is 4.79 Å². The minimum absolute atomic E-state index is 0.700. The summed E-state index contributed by atoms with van der Waals surface area (Å²) in [6, 6.07) is 13.5. The van der Waals surface area contributed by atoms with Crippen LogP contribution in [-0.4, -0.2) is 64.0 Å². The van der Waals surface area contributed by atoms with Crippen molar-refractivity contribution in [3.8, 4) is 23.1 Å². The van der Waals surface area contributed by atoms with Crippen molar-refractivity contribution in [2.75, 3.05) is 38.1 Å². The summed E-state index contributed by atoms with van der Waals surface area (Å²) in [6.07, 6.45) is 6.09. The van der Waals surface area contributed by atoms with E-state index in [0.717, 1.165) is 60.6 Å². The molecule has 3 aromatic heterocycles. The number of aldehydes is 1. The minimum atomic E-state index is 0.700. The highest BCUT2D eigenvalue weighted by Crippen LogP contribution is 2.27. The Morgan fingerprint density at radius 2 is 1.78 bits per heavy atom. The first-order valence-corrected chi connectivity index (χ1v) is 10.5. The lowest BCUT2D eigenvalue weighted by atomic mass is 10.1. The van der Waals surface area contributed by atoms with Crippen molar-refractivity contribution in [1.82, 2.24) is 24.5 Å². The largest absolute Gasteiger partial charge is 0.368 e. The molecule has 0 N–H and O–H groups in total. The van der Waals surface area contributed by atoms with E-state index < -0.39 is 0 Å². The van der Waals surface area contributed by atoms with Gasteiger partial charge < -0.3 is 9.80 Å². The number of imidazole rings is 1. The van der Waals surface area contributed by atoms with E-state index in [4.69, 9.17) is 5.10 Å². The number of hydrogen-bond donors (Lipinski definition) is 0. The third-order valence-corrected chi connectivity index (χ3v) is 5.67. The molecular formula is C25H22N6O. The second-order valence-electron chi connectivity index (χ2n) is 7.80. The molecule has 0 radical (unpaired) electrons.